The third kappa shape index (κ3) is 4.48. The van der Waals surface area contributed by atoms with Gasteiger partial charge in [0.05, 0.1) is 0 Å². The highest BCUT2D eigenvalue weighted by Gasteiger charge is 1.83. The van der Waals surface area contributed by atoms with Crippen molar-refractivity contribution in [2.45, 2.75) is 0 Å². The zero-order valence-corrected chi connectivity index (χ0v) is 6.03. The van der Waals surface area contributed by atoms with Crippen molar-refractivity contribution >= 4 is 19.3 Å². The second-order valence-electron chi connectivity index (χ2n) is 1.48. The highest BCUT2D eigenvalue weighted by atomic mass is 33.1. The average Bonchev–Trinajstić information content (AvgIpc) is 1.35. The lowest BCUT2D eigenvalue weighted by atomic mass is 11.9. The minimum Gasteiger partial charge on any atom is -0.149 e. The second kappa shape index (κ2) is 1.97. The van der Waals surface area contributed by atoms with Gasteiger partial charge in [-0.25, -0.2) is 0 Å². The Morgan fingerprint density at radius 3 is 1.67 bits per heavy atom. The summed E-state index contributed by atoms with van der Waals surface area (Å²) in [7, 11) is 0.998. The molecule has 0 aromatic rings. The van der Waals surface area contributed by atoms with Crippen molar-refractivity contribution in [1.82, 2.24) is 0 Å². The summed E-state index contributed by atoms with van der Waals surface area (Å²) in [6.45, 7) is 0. The van der Waals surface area contributed by atoms with E-state index in [1.165, 1.54) is 0 Å². The lowest BCUT2D eigenvalue weighted by Crippen LogP contribution is -1.61. The van der Waals surface area contributed by atoms with E-state index in [4.69, 9.17) is 5.69 Å². The molecule has 0 nitrogen and oxygen atoms in total. The fraction of sp³-hybridized carbons (Fsp3) is 0.750. The maximum Gasteiger partial charge on any atom is -0.00862 e. The molecule has 2 heteroatoms. The summed E-state index contributed by atoms with van der Waals surface area (Å²) in [5.41, 5.74) is 5.58. The van der Waals surface area contributed by atoms with Gasteiger partial charge in [0.2, 0.25) is 0 Å². The van der Waals surface area contributed by atoms with Crippen LogP contribution in [0.25, 0.3) is 0 Å². The van der Waals surface area contributed by atoms with Crippen LogP contribution in [0.5, 0.6) is 0 Å². The maximum atomic E-state index is 5.58. The van der Waals surface area contributed by atoms with Crippen LogP contribution < -0.4 is 0 Å². The van der Waals surface area contributed by atoms with Crippen molar-refractivity contribution in [1.29, 1.82) is 0 Å². The van der Waals surface area contributed by atoms with Gasteiger partial charge in [0.25, 0.3) is 0 Å². The van der Waals surface area contributed by atoms with Crippen LogP contribution in [0.4, 0.5) is 0 Å². The molecule has 0 aliphatic heterocycles. The minimum atomic E-state index is -0.745. The van der Waals surface area contributed by atoms with Crippen LogP contribution in [-0.4, -0.2) is 18.8 Å². The molecule has 0 saturated heterocycles. The molecule has 0 aliphatic carbocycles. The van der Waals surface area contributed by atoms with Gasteiger partial charge in [0.1, 0.15) is 0 Å². The fourth-order valence-corrected chi connectivity index (χ4v) is 0. The molecule has 0 unspecified atom stereocenters. The molecule has 0 bridgehead atoms. The van der Waals surface area contributed by atoms with E-state index in [1.807, 2.05) is 6.26 Å². The van der Waals surface area contributed by atoms with Crippen molar-refractivity contribution in [3.63, 3.8) is 0 Å². The van der Waals surface area contributed by atoms with Crippen molar-refractivity contribution in [3.05, 3.63) is 0 Å². The lowest BCUT2D eigenvalue weighted by Gasteiger charge is -2.02. The zero-order chi connectivity index (χ0) is 5.21. The standard InChI is InChI=1S/C4H10S2/c1-5-6(2,3)4/h2H,1,3-4H3. The van der Waals surface area contributed by atoms with Crippen LogP contribution in [0.2, 0.25) is 0 Å². The highest BCUT2D eigenvalue weighted by molar-refractivity contribution is 8.88. The number of hydrogen-bond acceptors (Lipinski definition) is 1. The van der Waals surface area contributed by atoms with Gasteiger partial charge < -0.3 is 0 Å². The molecule has 0 aromatic heterocycles. The Balaban J connectivity index is 3.60. The maximum absolute atomic E-state index is 5.58. The molecule has 0 heterocycles. The molecule has 0 rings (SSSR count). The summed E-state index contributed by atoms with van der Waals surface area (Å²) in [6, 6.07) is 0. The van der Waals surface area contributed by atoms with Crippen LogP contribution >= 0.6 is 19.3 Å². The summed E-state index contributed by atoms with van der Waals surface area (Å²) in [5.74, 6) is 0. The smallest absolute Gasteiger partial charge is 0.00862 e. The molecule has 0 N–H and O–H groups in total. The monoisotopic (exact) mass is 122 g/mol. The van der Waals surface area contributed by atoms with E-state index in [-0.39, 0.29) is 0 Å². The van der Waals surface area contributed by atoms with Crippen LogP contribution in [0, 0.1) is 5.69 Å². The predicted molar refractivity (Wildman–Crippen MR) is 37.9 cm³/mol. The zero-order valence-electron chi connectivity index (χ0n) is 4.39. The van der Waals surface area contributed by atoms with Crippen LogP contribution in [0.3, 0.4) is 0 Å². The molecule has 0 fully saturated rings. The van der Waals surface area contributed by atoms with Crippen LogP contribution in [-0.2, 0) is 0 Å². The molecular weight excluding hydrogens is 112 g/mol. The predicted octanol–water partition coefficient (Wildman–Crippen LogP) is 1.92. The van der Waals surface area contributed by atoms with E-state index in [1.54, 1.807) is 10.8 Å². The third-order valence-electron chi connectivity index (χ3n) is 0.430. The molecular formula is C4H10S2. The Kier molecular flexibility index (Phi) is 2.12. The largest absolute Gasteiger partial charge is 0.149 e. The molecule has 0 amide bonds. The van der Waals surface area contributed by atoms with Crippen molar-refractivity contribution in [2.75, 3.05) is 18.8 Å². The van der Waals surface area contributed by atoms with Crippen molar-refractivity contribution in [3.8, 4) is 5.69 Å². The first-order valence-electron chi connectivity index (χ1n) is 1.63. The Morgan fingerprint density at radius 1 is 1.50 bits per heavy atom. The summed E-state index contributed by atoms with van der Waals surface area (Å²) in [4.78, 5) is 0. The quantitative estimate of drug-likeness (QED) is 0.442. The van der Waals surface area contributed by atoms with E-state index < -0.39 is 8.47 Å². The summed E-state index contributed by atoms with van der Waals surface area (Å²) < 4.78 is 0. The Labute approximate surface area is 44.3 Å². The summed E-state index contributed by atoms with van der Waals surface area (Å²) in [5, 5.41) is 0. The Morgan fingerprint density at radius 2 is 1.67 bits per heavy atom. The first kappa shape index (κ1) is 6.48. The molecule has 0 aliphatic rings. The molecule has 0 aromatic carbocycles. The normalized spacial score (nSPS) is 11.7. The second-order valence-corrected chi connectivity index (χ2v) is 8.00. The lowest BCUT2D eigenvalue weighted by molar-refractivity contribution is 2.33. The molecule has 38 valence electrons. The minimum absolute atomic E-state index is 0.745. The average molecular weight is 122 g/mol. The molecule has 0 saturated carbocycles. The summed E-state index contributed by atoms with van der Waals surface area (Å²) in [6.07, 6.45) is 6.17. The number of hydrogen-bond donors (Lipinski definition) is 0. The Hall–Kier alpha value is 0.480. The van der Waals surface area contributed by atoms with E-state index >= 15 is 0 Å². The van der Waals surface area contributed by atoms with E-state index in [0.717, 1.165) is 0 Å². The van der Waals surface area contributed by atoms with Gasteiger partial charge >= 0.3 is 0 Å². The van der Waals surface area contributed by atoms with Crippen molar-refractivity contribution in [2.24, 2.45) is 0 Å². The fourth-order valence-electron chi connectivity index (χ4n) is 0. The van der Waals surface area contributed by atoms with E-state index in [0.29, 0.717) is 0 Å². The van der Waals surface area contributed by atoms with Gasteiger partial charge in [-0.2, -0.15) is 0 Å². The Bertz CT molecular complexity index is 106. The van der Waals surface area contributed by atoms with E-state index in [2.05, 4.69) is 12.5 Å². The first-order chi connectivity index (χ1) is 2.56. The molecule has 0 radical (unpaired) electrons. The molecule has 6 heavy (non-hydrogen) atoms. The van der Waals surface area contributed by atoms with Gasteiger partial charge in [0.15, 0.2) is 0 Å². The topological polar surface area (TPSA) is 0 Å². The van der Waals surface area contributed by atoms with Gasteiger partial charge in [-0.15, -0.1) is 24.9 Å². The van der Waals surface area contributed by atoms with Gasteiger partial charge in [-0.1, -0.05) is 0 Å². The third-order valence-corrected chi connectivity index (χ3v) is 3.87. The van der Waals surface area contributed by atoms with Crippen LogP contribution in [0.15, 0.2) is 0 Å². The molecule has 0 spiro atoms. The van der Waals surface area contributed by atoms with Crippen molar-refractivity contribution < 1.29 is 0 Å². The number of rotatable bonds is 0. The first-order valence-corrected chi connectivity index (χ1v) is 5.88. The van der Waals surface area contributed by atoms with Crippen LogP contribution in [0.1, 0.15) is 0 Å². The molecule has 0 atom stereocenters. The SMILES string of the molecule is C#S(C)(C)SC. The van der Waals surface area contributed by atoms with E-state index in [9.17, 15) is 0 Å². The van der Waals surface area contributed by atoms with Gasteiger partial charge in [-0.05, 0) is 18.8 Å². The highest BCUT2D eigenvalue weighted by Crippen LogP contribution is 2.35. The van der Waals surface area contributed by atoms with Gasteiger partial charge in [-0.3, -0.25) is 0 Å². The summed E-state index contributed by atoms with van der Waals surface area (Å²) >= 11 is 0. The van der Waals surface area contributed by atoms with Gasteiger partial charge in [0, 0.05) is 0 Å².